The van der Waals surface area contributed by atoms with Gasteiger partial charge in [0.25, 0.3) is 0 Å². The highest BCUT2D eigenvalue weighted by Gasteiger charge is 1.89. The summed E-state index contributed by atoms with van der Waals surface area (Å²) in [4.78, 5) is 0. The molecule has 1 aromatic rings. The first-order chi connectivity index (χ1) is 6.36. The molecular formula is C10H15N3. The number of rotatable bonds is 4. The van der Waals surface area contributed by atoms with Gasteiger partial charge in [0.1, 0.15) is 0 Å². The summed E-state index contributed by atoms with van der Waals surface area (Å²) in [5, 5.41) is 3.10. The van der Waals surface area contributed by atoms with E-state index >= 15 is 0 Å². The molecular weight excluding hydrogens is 162 g/mol. The lowest BCUT2D eigenvalue weighted by Crippen LogP contribution is -1.97. The molecule has 0 bridgehead atoms. The van der Waals surface area contributed by atoms with Gasteiger partial charge in [-0.2, -0.15) is 0 Å². The Labute approximate surface area is 78.4 Å². The monoisotopic (exact) mass is 177 g/mol. The van der Waals surface area contributed by atoms with Gasteiger partial charge in [-0.3, -0.25) is 0 Å². The van der Waals surface area contributed by atoms with Gasteiger partial charge < -0.3 is 16.8 Å². The Morgan fingerprint density at radius 2 is 1.85 bits per heavy atom. The maximum atomic E-state index is 5.47. The van der Waals surface area contributed by atoms with Gasteiger partial charge in [0.15, 0.2) is 0 Å². The summed E-state index contributed by atoms with van der Waals surface area (Å²) >= 11 is 0. The van der Waals surface area contributed by atoms with E-state index in [9.17, 15) is 0 Å². The van der Waals surface area contributed by atoms with Crippen LogP contribution in [-0.2, 0) is 6.54 Å². The fourth-order valence-electron chi connectivity index (χ4n) is 0.960. The molecule has 1 rings (SSSR count). The number of hydrogen-bond acceptors (Lipinski definition) is 3. The molecule has 0 unspecified atom stereocenters. The quantitative estimate of drug-likeness (QED) is 0.643. The van der Waals surface area contributed by atoms with Crippen molar-refractivity contribution in [2.75, 3.05) is 11.9 Å². The fourth-order valence-corrected chi connectivity index (χ4v) is 0.960. The largest absolute Gasteiger partial charge is 0.362 e. The Bertz CT molecular complexity index is 264. The van der Waals surface area contributed by atoms with Crippen molar-refractivity contribution >= 4 is 5.69 Å². The van der Waals surface area contributed by atoms with Gasteiger partial charge in [0, 0.05) is 18.8 Å². The van der Waals surface area contributed by atoms with Crippen molar-refractivity contribution in [3.05, 3.63) is 42.1 Å². The van der Waals surface area contributed by atoms with Crippen molar-refractivity contribution in [1.82, 2.24) is 0 Å². The van der Waals surface area contributed by atoms with Gasteiger partial charge in [-0.1, -0.05) is 18.2 Å². The maximum Gasteiger partial charge on any atom is 0.0379 e. The van der Waals surface area contributed by atoms with Crippen LogP contribution < -0.4 is 16.8 Å². The second-order valence-corrected chi connectivity index (χ2v) is 2.68. The summed E-state index contributed by atoms with van der Waals surface area (Å²) in [6.07, 6.45) is 3.69. The predicted octanol–water partition coefficient (Wildman–Crippen LogP) is 1.03. The van der Waals surface area contributed by atoms with Crippen LogP contribution in [0.15, 0.2) is 36.5 Å². The van der Waals surface area contributed by atoms with Crippen LogP contribution in [0, 0.1) is 0 Å². The van der Waals surface area contributed by atoms with E-state index in [1.54, 1.807) is 0 Å². The van der Waals surface area contributed by atoms with Gasteiger partial charge >= 0.3 is 0 Å². The summed E-state index contributed by atoms with van der Waals surface area (Å²) in [5.41, 5.74) is 12.9. The first kappa shape index (κ1) is 9.77. The summed E-state index contributed by atoms with van der Waals surface area (Å²) in [6, 6.07) is 7.98. The molecule has 0 atom stereocenters. The maximum absolute atomic E-state index is 5.47. The summed E-state index contributed by atoms with van der Waals surface area (Å²) in [5.74, 6) is 0. The van der Waals surface area contributed by atoms with Crippen molar-refractivity contribution in [3.63, 3.8) is 0 Å². The first-order valence-corrected chi connectivity index (χ1v) is 4.27. The molecule has 3 heteroatoms. The molecule has 0 aliphatic carbocycles. The lowest BCUT2D eigenvalue weighted by atomic mass is 10.2. The van der Waals surface area contributed by atoms with Crippen LogP contribution in [0.2, 0.25) is 0 Å². The molecule has 0 spiro atoms. The topological polar surface area (TPSA) is 64.1 Å². The Morgan fingerprint density at radius 3 is 2.38 bits per heavy atom. The van der Waals surface area contributed by atoms with Crippen molar-refractivity contribution in [2.24, 2.45) is 11.5 Å². The van der Waals surface area contributed by atoms with E-state index in [1.165, 1.54) is 0 Å². The van der Waals surface area contributed by atoms with Gasteiger partial charge in [-0.15, -0.1) is 0 Å². The van der Waals surface area contributed by atoms with Crippen LogP contribution in [0.1, 0.15) is 5.56 Å². The van der Waals surface area contributed by atoms with E-state index in [0.717, 1.165) is 11.3 Å². The first-order valence-electron chi connectivity index (χ1n) is 4.27. The predicted molar refractivity (Wildman–Crippen MR) is 56.2 cm³/mol. The lowest BCUT2D eigenvalue weighted by Gasteiger charge is -2.01. The number of nitrogens with one attached hydrogen (secondary N) is 1. The normalized spacial score (nSPS) is 10.6. The van der Waals surface area contributed by atoms with Crippen LogP contribution in [0.3, 0.4) is 0 Å². The second kappa shape index (κ2) is 5.35. The van der Waals surface area contributed by atoms with Crippen LogP contribution in [0.25, 0.3) is 0 Å². The van der Waals surface area contributed by atoms with Crippen molar-refractivity contribution in [2.45, 2.75) is 6.54 Å². The molecule has 0 saturated carbocycles. The molecule has 0 fully saturated rings. The highest BCUT2D eigenvalue weighted by atomic mass is 14.8. The minimum Gasteiger partial charge on any atom is -0.362 e. The number of nitrogens with two attached hydrogens (primary N) is 2. The molecule has 0 heterocycles. The minimum absolute atomic E-state index is 0.549. The third kappa shape index (κ3) is 3.27. The van der Waals surface area contributed by atoms with Crippen molar-refractivity contribution in [1.29, 1.82) is 0 Å². The third-order valence-corrected chi connectivity index (χ3v) is 1.69. The molecule has 0 aliphatic heterocycles. The van der Waals surface area contributed by atoms with Crippen LogP contribution in [-0.4, -0.2) is 6.54 Å². The van der Waals surface area contributed by atoms with E-state index < -0.39 is 0 Å². The third-order valence-electron chi connectivity index (χ3n) is 1.69. The Hall–Kier alpha value is -1.32. The van der Waals surface area contributed by atoms with E-state index in [2.05, 4.69) is 5.32 Å². The Morgan fingerprint density at radius 1 is 1.15 bits per heavy atom. The molecule has 0 amide bonds. The molecule has 0 aromatic heterocycles. The summed E-state index contributed by atoms with van der Waals surface area (Å²) < 4.78 is 0. The lowest BCUT2D eigenvalue weighted by molar-refractivity contribution is 1.07. The SMILES string of the molecule is NC/C=C\Nc1ccc(CN)cc1. The second-order valence-electron chi connectivity index (χ2n) is 2.68. The fraction of sp³-hybridized carbons (Fsp3) is 0.200. The molecule has 1 aromatic carbocycles. The van der Waals surface area contributed by atoms with Crippen molar-refractivity contribution in [3.8, 4) is 0 Å². The number of hydrogen-bond donors (Lipinski definition) is 3. The Kier molecular flexibility index (Phi) is 4.02. The van der Waals surface area contributed by atoms with E-state index in [1.807, 2.05) is 36.5 Å². The minimum atomic E-state index is 0.549. The zero-order valence-electron chi connectivity index (χ0n) is 7.53. The molecule has 5 N–H and O–H groups in total. The zero-order chi connectivity index (χ0) is 9.52. The van der Waals surface area contributed by atoms with Gasteiger partial charge in [0.2, 0.25) is 0 Å². The Balaban J connectivity index is 2.54. The number of benzene rings is 1. The van der Waals surface area contributed by atoms with E-state index in [-0.39, 0.29) is 0 Å². The molecule has 13 heavy (non-hydrogen) atoms. The van der Waals surface area contributed by atoms with Crippen molar-refractivity contribution < 1.29 is 0 Å². The number of anilines is 1. The zero-order valence-corrected chi connectivity index (χ0v) is 7.53. The summed E-state index contributed by atoms with van der Waals surface area (Å²) in [7, 11) is 0. The van der Waals surface area contributed by atoms with Crippen LogP contribution >= 0.6 is 0 Å². The van der Waals surface area contributed by atoms with E-state index in [0.29, 0.717) is 13.1 Å². The molecule has 3 nitrogen and oxygen atoms in total. The highest BCUT2D eigenvalue weighted by Crippen LogP contribution is 2.08. The highest BCUT2D eigenvalue weighted by molar-refractivity contribution is 5.46. The molecule has 0 radical (unpaired) electrons. The standard InChI is InChI=1S/C10H15N3/c11-6-1-7-13-10-4-2-9(8-12)3-5-10/h1-5,7,13H,6,8,11-12H2/b7-1-. The van der Waals surface area contributed by atoms with Gasteiger partial charge in [0.05, 0.1) is 0 Å². The average Bonchev–Trinajstić information content (AvgIpc) is 2.19. The van der Waals surface area contributed by atoms with Gasteiger partial charge in [-0.05, 0) is 23.9 Å². The van der Waals surface area contributed by atoms with Crippen LogP contribution in [0.4, 0.5) is 5.69 Å². The van der Waals surface area contributed by atoms with Crippen LogP contribution in [0.5, 0.6) is 0 Å². The van der Waals surface area contributed by atoms with E-state index in [4.69, 9.17) is 11.5 Å². The average molecular weight is 177 g/mol. The smallest absolute Gasteiger partial charge is 0.0379 e. The summed E-state index contributed by atoms with van der Waals surface area (Å²) in [6.45, 7) is 1.13. The molecule has 0 saturated heterocycles. The van der Waals surface area contributed by atoms with Gasteiger partial charge in [-0.25, -0.2) is 0 Å². The molecule has 70 valence electrons. The molecule has 0 aliphatic rings.